The Morgan fingerprint density at radius 3 is 2.58 bits per heavy atom. The van der Waals surface area contributed by atoms with Crippen molar-refractivity contribution in [3.8, 4) is 0 Å². The van der Waals surface area contributed by atoms with Gasteiger partial charge in [0.15, 0.2) is 5.79 Å². The van der Waals surface area contributed by atoms with Crippen molar-refractivity contribution in [3.63, 3.8) is 0 Å². The topological polar surface area (TPSA) is 73.6 Å². The van der Waals surface area contributed by atoms with Gasteiger partial charge in [0.05, 0.1) is 30.2 Å². The van der Waals surface area contributed by atoms with Crippen molar-refractivity contribution in [2.75, 3.05) is 18.5 Å². The molecule has 0 aromatic heterocycles. The summed E-state index contributed by atoms with van der Waals surface area (Å²) in [7, 11) is 0. The Hall–Kier alpha value is -1.73. The number of hydrogen-bond acceptors (Lipinski definition) is 5. The molecule has 1 aromatic carbocycles. The summed E-state index contributed by atoms with van der Waals surface area (Å²) in [5, 5.41) is 13.6. The summed E-state index contributed by atoms with van der Waals surface area (Å²) in [5.41, 5.74) is 0.0454. The molecule has 0 bridgehead atoms. The van der Waals surface area contributed by atoms with Gasteiger partial charge in [-0.3, -0.25) is 10.1 Å². The molecule has 0 atom stereocenters. The van der Waals surface area contributed by atoms with Crippen LogP contribution in [0.15, 0.2) is 18.2 Å². The van der Waals surface area contributed by atoms with Crippen LogP contribution in [0.3, 0.4) is 0 Å². The Morgan fingerprint density at radius 2 is 2.00 bits per heavy atom. The second kappa shape index (κ2) is 5.10. The lowest BCUT2D eigenvalue weighted by molar-refractivity contribution is -0.385. The summed E-state index contributed by atoms with van der Waals surface area (Å²) in [6.07, 6.45) is 0. The van der Waals surface area contributed by atoms with Crippen LogP contribution in [-0.2, 0) is 9.47 Å². The van der Waals surface area contributed by atoms with Crippen LogP contribution >= 0.6 is 0 Å². The summed E-state index contributed by atoms with van der Waals surface area (Å²) < 4.78 is 24.1. The Kier molecular flexibility index (Phi) is 3.68. The molecule has 19 heavy (non-hydrogen) atoms. The summed E-state index contributed by atoms with van der Waals surface area (Å²) in [6, 6.07) is 3.19. The van der Waals surface area contributed by atoms with Crippen molar-refractivity contribution in [1.29, 1.82) is 0 Å². The van der Waals surface area contributed by atoms with E-state index in [2.05, 4.69) is 5.32 Å². The van der Waals surface area contributed by atoms with Crippen molar-refractivity contribution in [2.45, 2.75) is 25.7 Å². The molecule has 2 rings (SSSR count). The first-order valence-corrected chi connectivity index (χ1v) is 5.85. The molecule has 6 nitrogen and oxygen atoms in total. The van der Waals surface area contributed by atoms with E-state index in [4.69, 9.17) is 9.47 Å². The van der Waals surface area contributed by atoms with Crippen LogP contribution in [0.5, 0.6) is 0 Å². The number of nitrogens with zero attached hydrogens (tertiary/aromatic N) is 1. The molecule has 1 aromatic rings. The molecule has 1 saturated heterocycles. The zero-order chi connectivity index (χ0) is 14.0. The number of non-ortho nitro benzene ring substituents is 1. The van der Waals surface area contributed by atoms with Gasteiger partial charge in [0.1, 0.15) is 5.82 Å². The average Bonchev–Trinajstić information content (AvgIpc) is 2.31. The van der Waals surface area contributed by atoms with Gasteiger partial charge in [-0.2, -0.15) is 0 Å². The first-order valence-electron chi connectivity index (χ1n) is 5.85. The number of benzene rings is 1. The number of nitro benzene ring substituents is 1. The highest BCUT2D eigenvalue weighted by Crippen LogP contribution is 2.23. The highest BCUT2D eigenvalue weighted by molar-refractivity contribution is 5.52. The van der Waals surface area contributed by atoms with Crippen LogP contribution in [0.1, 0.15) is 13.8 Å². The molecular weight excluding hydrogens is 255 g/mol. The summed E-state index contributed by atoms with van der Waals surface area (Å²) in [4.78, 5) is 10.0. The van der Waals surface area contributed by atoms with Gasteiger partial charge in [0.25, 0.3) is 5.69 Å². The zero-order valence-corrected chi connectivity index (χ0v) is 10.7. The fourth-order valence-electron chi connectivity index (χ4n) is 1.77. The van der Waals surface area contributed by atoms with Crippen LogP contribution in [0.2, 0.25) is 0 Å². The highest BCUT2D eigenvalue weighted by Gasteiger charge is 2.28. The molecule has 0 spiro atoms. The third-order valence-corrected chi connectivity index (χ3v) is 2.73. The lowest BCUT2D eigenvalue weighted by Crippen LogP contribution is -2.45. The highest BCUT2D eigenvalue weighted by atomic mass is 19.1. The van der Waals surface area contributed by atoms with Crippen molar-refractivity contribution < 1.29 is 18.8 Å². The lowest BCUT2D eigenvalue weighted by Gasteiger charge is -2.35. The van der Waals surface area contributed by atoms with E-state index in [9.17, 15) is 14.5 Å². The average molecular weight is 270 g/mol. The van der Waals surface area contributed by atoms with Crippen LogP contribution < -0.4 is 5.32 Å². The van der Waals surface area contributed by atoms with Crippen LogP contribution in [-0.4, -0.2) is 30.0 Å². The molecule has 0 radical (unpaired) electrons. The number of anilines is 1. The minimum Gasteiger partial charge on any atom is -0.377 e. The van der Waals surface area contributed by atoms with Gasteiger partial charge >= 0.3 is 0 Å². The van der Waals surface area contributed by atoms with E-state index in [1.54, 1.807) is 13.8 Å². The Morgan fingerprint density at radius 1 is 1.37 bits per heavy atom. The summed E-state index contributed by atoms with van der Waals surface area (Å²) in [6.45, 7) is 4.38. The molecule has 1 aliphatic heterocycles. The van der Waals surface area contributed by atoms with Gasteiger partial charge in [0, 0.05) is 11.8 Å². The smallest absolute Gasteiger partial charge is 0.274 e. The number of rotatable bonds is 3. The third-order valence-electron chi connectivity index (χ3n) is 2.73. The molecule has 1 heterocycles. The second-order valence-electron chi connectivity index (χ2n) is 4.82. The maximum Gasteiger partial charge on any atom is 0.274 e. The molecule has 0 amide bonds. The van der Waals surface area contributed by atoms with Crippen LogP contribution in [0.4, 0.5) is 15.8 Å². The van der Waals surface area contributed by atoms with Crippen molar-refractivity contribution in [1.82, 2.24) is 0 Å². The van der Waals surface area contributed by atoms with Gasteiger partial charge in [-0.25, -0.2) is 4.39 Å². The molecule has 104 valence electrons. The number of nitrogens with one attached hydrogen (secondary N) is 1. The summed E-state index contributed by atoms with van der Waals surface area (Å²) >= 11 is 0. The Bertz CT molecular complexity index is 483. The fraction of sp³-hybridized carbons (Fsp3) is 0.500. The first-order chi connectivity index (χ1) is 8.85. The van der Waals surface area contributed by atoms with E-state index >= 15 is 0 Å². The van der Waals surface area contributed by atoms with Crippen LogP contribution in [0.25, 0.3) is 0 Å². The van der Waals surface area contributed by atoms with Crippen LogP contribution in [0, 0.1) is 15.9 Å². The Balaban J connectivity index is 2.05. The number of ether oxygens (including phenoxy) is 2. The molecule has 1 aliphatic rings. The van der Waals surface area contributed by atoms with Crippen molar-refractivity contribution in [2.24, 2.45) is 0 Å². The van der Waals surface area contributed by atoms with Crippen molar-refractivity contribution >= 4 is 11.4 Å². The fourth-order valence-corrected chi connectivity index (χ4v) is 1.77. The number of hydrogen-bond donors (Lipinski definition) is 1. The van der Waals surface area contributed by atoms with E-state index < -0.39 is 16.5 Å². The van der Waals surface area contributed by atoms with Gasteiger partial charge < -0.3 is 14.8 Å². The minimum absolute atomic E-state index is 0.172. The molecule has 1 N–H and O–H groups in total. The molecule has 7 heteroatoms. The SMILES string of the molecule is CC1(C)OCC(Nc2cc(F)cc([N+](=O)[O-])c2)CO1. The maximum atomic E-state index is 13.3. The Labute approximate surface area is 109 Å². The predicted octanol–water partition coefficient (Wildman–Crippen LogP) is 2.30. The van der Waals surface area contributed by atoms with E-state index in [-0.39, 0.29) is 11.7 Å². The van der Waals surface area contributed by atoms with E-state index in [1.165, 1.54) is 12.1 Å². The predicted molar refractivity (Wildman–Crippen MR) is 66.4 cm³/mol. The minimum atomic E-state index is -0.658. The molecule has 0 saturated carbocycles. The number of nitro groups is 1. The maximum absolute atomic E-state index is 13.3. The second-order valence-corrected chi connectivity index (χ2v) is 4.82. The summed E-state index contributed by atoms with van der Waals surface area (Å²) in [5.74, 6) is -1.29. The third kappa shape index (κ3) is 3.62. The quantitative estimate of drug-likeness (QED) is 0.674. The molecule has 0 aliphatic carbocycles. The lowest BCUT2D eigenvalue weighted by atomic mass is 10.2. The van der Waals surface area contributed by atoms with Gasteiger partial charge in [-0.05, 0) is 19.9 Å². The van der Waals surface area contributed by atoms with Crippen molar-refractivity contribution in [3.05, 3.63) is 34.1 Å². The molecule has 0 unspecified atom stereocenters. The normalized spacial score (nSPS) is 19.1. The van der Waals surface area contributed by atoms with Gasteiger partial charge in [-0.1, -0.05) is 0 Å². The largest absolute Gasteiger partial charge is 0.377 e. The molecule has 1 fully saturated rings. The number of halogens is 1. The van der Waals surface area contributed by atoms with Gasteiger partial charge in [-0.15, -0.1) is 0 Å². The molecular formula is C12H15FN2O4. The van der Waals surface area contributed by atoms with E-state index in [0.717, 1.165) is 6.07 Å². The van der Waals surface area contributed by atoms with E-state index in [1.807, 2.05) is 0 Å². The van der Waals surface area contributed by atoms with Gasteiger partial charge in [0.2, 0.25) is 0 Å². The zero-order valence-electron chi connectivity index (χ0n) is 10.7. The first kappa shape index (κ1) is 13.7. The standard InChI is InChI=1S/C12H15FN2O4/c1-12(2)18-6-10(7-19-12)14-9-3-8(13)4-11(5-9)15(16)17/h3-5,10,14H,6-7H2,1-2H3. The monoisotopic (exact) mass is 270 g/mol. The van der Waals surface area contributed by atoms with E-state index in [0.29, 0.717) is 18.9 Å².